The summed E-state index contributed by atoms with van der Waals surface area (Å²) >= 11 is 24.6. The molecule has 0 fully saturated rings. The van der Waals surface area contributed by atoms with Gasteiger partial charge in [-0.1, -0.05) is 70.7 Å². The average molecular weight is 563 g/mol. The number of carboxylic acid groups (broad SMARTS) is 1. The van der Waals surface area contributed by atoms with Crippen LogP contribution in [0.15, 0.2) is 66.7 Å². The Labute approximate surface area is 227 Å². The maximum atomic E-state index is 13.3. The Morgan fingerprint density at radius 1 is 0.944 bits per heavy atom. The van der Waals surface area contributed by atoms with Crippen LogP contribution >= 0.6 is 46.4 Å². The Hall–Kier alpha value is -3.03. The lowest BCUT2D eigenvalue weighted by Crippen LogP contribution is -2.42. The molecule has 0 unspecified atom stereocenters. The number of aliphatic carboxylic acids is 1. The van der Waals surface area contributed by atoms with Crippen molar-refractivity contribution in [1.29, 1.82) is 0 Å². The maximum Gasteiger partial charge on any atom is 0.326 e. The quantitative estimate of drug-likeness (QED) is 0.257. The highest BCUT2D eigenvalue weighted by Crippen LogP contribution is 2.33. The summed E-state index contributed by atoms with van der Waals surface area (Å²) in [4.78, 5) is 25.3. The van der Waals surface area contributed by atoms with Gasteiger partial charge in [0.1, 0.15) is 6.04 Å². The molecule has 4 rings (SSSR count). The summed E-state index contributed by atoms with van der Waals surface area (Å²) in [7, 11) is 0. The van der Waals surface area contributed by atoms with Gasteiger partial charge in [0.15, 0.2) is 5.69 Å². The van der Waals surface area contributed by atoms with Gasteiger partial charge in [0.2, 0.25) is 0 Å². The Kier molecular flexibility index (Phi) is 7.91. The lowest BCUT2D eigenvalue weighted by Gasteiger charge is -2.14. The molecule has 0 aliphatic rings. The molecular weight excluding hydrogens is 544 g/mol. The number of hydrogen-bond donors (Lipinski definition) is 2. The number of carbonyl (C=O) groups excluding carboxylic acids is 1. The molecule has 0 aliphatic carbocycles. The molecule has 36 heavy (non-hydrogen) atoms. The summed E-state index contributed by atoms with van der Waals surface area (Å²) in [5, 5.41) is 18.7. The van der Waals surface area contributed by atoms with Crippen molar-refractivity contribution >= 4 is 58.3 Å². The summed E-state index contributed by atoms with van der Waals surface area (Å²) in [5.74, 6) is -1.82. The Balaban J connectivity index is 1.75. The van der Waals surface area contributed by atoms with E-state index < -0.39 is 17.9 Å². The van der Waals surface area contributed by atoms with Crippen molar-refractivity contribution in [3.8, 4) is 16.9 Å². The first-order chi connectivity index (χ1) is 17.1. The minimum absolute atomic E-state index is 0.0500. The second-order valence-electron chi connectivity index (χ2n) is 8.03. The summed E-state index contributed by atoms with van der Waals surface area (Å²) in [6.07, 6.45) is 0.0500. The number of aromatic nitrogens is 2. The summed E-state index contributed by atoms with van der Waals surface area (Å²) in [5.41, 5.74) is 3.11. The van der Waals surface area contributed by atoms with Crippen LogP contribution in [0.1, 0.15) is 21.6 Å². The van der Waals surface area contributed by atoms with E-state index in [1.165, 1.54) is 0 Å². The van der Waals surface area contributed by atoms with Gasteiger partial charge < -0.3 is 10.4 Å². The predicted molar refractivity (Wildman–Crippen MR) is 143 cm³/mol. The number of halogens is 4. The second-order valence-corrected chi connectivity index (χ2v) is 9.75. The van der Waals surface area contributed by atoms with Gasteiger partial charge >= 0.3 is 5.97 Å². The molecule has 10 heteroatoms. The molecule has 3 aromatic carbocycles. The van der Waals surface area contributed by atoms with Gasteiger partial charge in [-0.2, -0.15) is 5.10 Å². The molecule has 1 amide bonds. The SMILES string of the molecule is Cc1c(C(=O)N[C@@H](Cc2cccc(Cl)c2)C(=O)O)nn(-c2ccc(Cl)cc2Cl)c1-c1ccc(Cl)cc1. The molecule has 0 bridgehead atoms. The van der Waals surface area contributed by atoms with Crippen LogP contribution in [-0.4, -0.2) is 32.8 Å². The molecule has 0 radical (unpaired) electrons. The molecule has 1 aromatic heterocycles. The van der Waals surface area contributed by atoms with Gasteiger partial charge in [-0.3, -0.25) is 4.79 Å². The smallest absolute Gasteiger partial charge is 0.326 e. The number of carbonyl (C=O) groups is 2. The standard InChI is InChI=1S/C26H19Cl4N3O3/c1-14-23(25(34)31-21(26(35)36)12-15-3-2-4-18(28)11-15)32-33(22-10-9-19(29)13-20(22)30)24(14)16-5-7-17(27)8-6-16/h2-11,13,21H,12H2,1H3,(H,31,34)(H,35,36)/t21-/m0/s1. The maximum absolute atomic E-state index is 13.3. The largest absolute Gasteiger partial charge is 0.480 e. The van der Waals surface area contributed by atoms with E-state index >= 15 is 0 Å². The first-order valence-electron chi connectivity index (χ1n) is 10.7. The van der Waals surface area contributed by atoms with Gasteiger partial charge in [0.25, 0.3) is 5.91 Å². The number of nitrogens with zero attached hydrogens (tertiary/aromatic N) is 2. The molecule has 0 aliphatic heterocycles. The highest BCUT2D eigenvalue weighted by Gasteiger charge is 2.27. The van der Waals surface area contributed by atoms with E-state index in [4.69, 9.17) is 46.4 Å². The molecular formula is C26H19Cl4N3O3. The van der Waals surface area contributed by atoms with Crippen LogP contribution in [0.3, 0.4) is 0 Å². The molecule has 4 aromatic rings. The molecule has 2 N–H and O–H groups in total. The molecule has 1 atom stereocenters. The molecule has 0 saturated heterocycles. The Bertz CT molecular complexity index is 1450. The first-order valence-corrected chi connectivity index (χ1v) is 12.2. The van der Waals surface area contributed by atoms with E-state index in [0.717, 1.165) is 5.56 Å². The molecule has 1 heterocycles. The number of hydrogen-bond acceptors (Lipinski definition) is 3. The highest BCUT2D eigenvalue weighted by atomic mass is 35.5. The Morgan fingerprint density at radius 3 is 2.25 bits per heavy atom. The minimum Gasteiger partial charge on any atom is -0.480 e. The molecule has 0 spiro atoms. The lowest BCUT2D eigenvalue weighted by atomic mass is 10.0. The summed E-state index contributed by atoms with van der Waals surface area (Å²) in [6, 6.07) is 17.6. The van der Waals surface area contributed by atoms with E-state index in [-0.39, 0.29) is 12.1 Å². The van der Waals surface area contributed by atoms with Crippen molar-refractivity contribution in [2.24, 2.45) is 0 Å². The van der Waals surface area contributed by atoms with E-state index in [0.29, 0.717) is 42.6 Å². The van der Waals surface area contributed by atoms with Gasteiger partial charge in [-0.05, 0) is 55.0 Å². The third kappa shape index (κ3) is 5.68. The molecule has 0 saturated carbocycles. The third-order valence-corrected chi connectivity index (χ3v) is 6.55. The van der Waals surface area contributed by atoms with Crippen LogP contribution in [0.2, 0.25) is 20.1 Å². The van der Waals surface area contributed by atoms with Gasteiger partial charge in [0.05, 0.1) is 16.4 Å². The van der Waals surface area contributed by atoms with Crippen LogP contribution in [0.5, 0.6) is 0 Å². The number of benzene rings is 3. The molecule has 6 nitrogen and oxygen atoms in total. The van der Waals surface area contributed by atoms with Crippen molar-refractivity contribution < 1.29 is 14.7 Å². The van der Waals surface area contributed by atoms with Crippen LogP contribution in [0.4, 0.5) is 0 Å². The lowest BCUT2D eigenvalue weighted by molar-refractivity contribution is -0.139. The molecule has 184 valence electrons. The topological polar surface area (TPSA) is 84.2 Å². The highest BCUT2D eigenvalue weighted by molar-refractivity contribution is 6.35. The van der Waals surface area contributed by atoms with Gasteiger partial charge in [-0.25, -0.2) is 9.48 Å². The third-order valence-electron chi connectivity index (χ3n) is 5.53. The van der Waals surface area contributed by atoms with Crippen LogP contribution < -0.4 is 5.32 Å². The van der Waals surface area contributed by atoms with Gasteiger partial charge in [-0.15, -0.1) is 0 Å². The van der Waals surface area contributed by atoms with E-state index in [2.05, 4.69) is 10.4 Å². The average Bonchev–Trinajstić information content (AvgIpc) is 3.16. The number of carboxylic acids is 1. The van der Waals surface area contributed by atoms with Crippen LogP contribution in [0.25, 0.3) is 16.9 Å². The second kappa shape index (κ2) is 10.9. The van der Waals surface area contributed by atoms with E-state index in [9.17, 15) is 14.7 Å². The zero-order valence-corrected chi connectivity index (χ0v) is 21.8. The van der Waals surface area contributed by atoms with Crippen LogP contribution in [0, 0.1) is 6.92 Å². The predicted octanol–water partition coefficient (Wildman–Crippen LogP) is 6.89. The fraction of sp³-hybridized carbons (Fsp3) is 0.115. The fourth-order valence-electron chi connectivity index (χ4n) is 3.81. The fourth-order valence-corrected chi connectivity index (χ4v) is 4.64. The van der Waals surface area contributed by atoms with Crippen molar-refractivity contribution in [2.45, 2.75) is 19.4 Å². The van der Waals surface area contributed by atoms with Gasteiger partial charge in [0, 0.05) is 32.6 Å². The Morgan fingerprint density at radius 2 is 1.61 bits per heavy atom. The minimum atomic E-state index is -1.20. The van der Waals surface area contributed by atoms with E-state index in [1.54, 1.807) is 78.3 Å². The summed E-state index contributed by atoms with van der Waals surface area (Å²) in [6.45, 7) is 1.74. The first kappa shape index (κ1) is 26.0. The summed E-state index contributed by atoms with van der Waals surface area (Å²) < 4.78 is 1.54. The number of nitrogens with one attached hydrogen (secondary N) is 1. The van der Waals surface area contributed by atoms with Crippen LogP contribution in [-0.2, 0) is 11.2 Å². The zero-order chi connectivity index (χ0) is 26.0. The van der Waals surface area contributed by atoms with Crippen molar-refractivity contribution in [2.75, 3.05) is 0 Å². The van der Waals surface area contributed by atoms with Crippen molar-refractivity contribution in [3.05, 3.63) is 104 Å². The number of amides is 1. The normalized spacial score (nSPS) is 11.8. The number of rotatable bonds is 7. The van der Waals surface area contributed by atoms with E-state index in [1.807, 2.05) is 0 Å². The van der Waals surface area contributed by atoms with Crippen molar-refractivity contribution in [1.82, 2.24) is 15.1 Å². The van der Waals surface area contributed by atoms with Crippen molar-refractivity contribution in [3.63, 3.8) is 0 Å². The monoisotopic (exact) mass is 561 g/mol. The zero-order valence-electron chi connectivity index (χ0n) is 18.8.